The molecule has 2 nitrogen and oxygen atoms in total. The molecule has 0 N–H and O–H groups in total. The number of para-hydroxylation sites is 2. The van der Waals surface area contributed by atoms with Gasteiger partial charge in [0.25, 0.3) is 0 Å². The van der Waals surface area contributed by atoms with Crippen LogP contribution in [0.25, 0.3) is 60.9 Å². The molecule has 45 unspecified atom stereocenters. The fourth-order valence-electron chi connectivity index (χ4n) is 15.5. The molecule has 0 fully saturated rings. The number of fused-ring (bicyclic) bond motifs is 9. The summed E-state index contributed by atoms with van der Waals surface area (Å²) in [5.41, 5.74) is 20.1. The van der Waals surface area contributed by atoms with E-state index in [2.05, 4.69) is 612 Å². The van der Waals surface area contributed by atoms with Crippen LogP contribution in [0.5, 0.6) is 0 Å². The second kappa shape index (κ2) is 74.5. The van der Waals surface area contributed by atoms with Crippen LogP contribution in [0.3, 0.4) is 0 Å². The van der Waals surface area contributed by atoms with Crippen LogP contribution in [0.4, 0.5) is 17.1 Å². The Kier molecular flexibility index (Phi) is 80.7. The van der Waals surface area contributed by atoms with E-state index in [-0.39, 0.29) is 227 Å². The fourth-order valence-corrected chi connectivity index (χ4v) is 1290. The third kappa shape index (κ3) is 39.8. The number of anilines is 3. The summed E-state index contributed by atoms with van der Waals surface area (Å²) in [6.45, 7) is -6.50. The summed E-state index contributed by atoms with van der Waals surface area (Å²) >= 11 is 0. The first-order valence-electron chi connectivity index (χ1n) is 39.3. The molecule has 0 amide bonds. The zero-order chi connectivity index (χ0) is 106. The molecule has 45 atom stereocenters. The lowest BCUT2D eigenvalue weighted by atomic mass is 9.80. The van der Waals surface area contributed by atoms with Crippen LogP contribution >= 0.6 is 686 Å². The lowest BCUT2D eigenvalue weighted by Crippen LogP contribution is -2.23. The minimum absolute atomic E-state index is 0.171. The van der Waals surface area contributed by atoms with E-state index in [0.717, 1.165) is 11.4 Å². The van der Waals surface area contributed by atoms with Gasteiger partial charge in [-0.05, 0) is 398 Å². The summed E-state index contributed by atoms with van der Waals surface area (Å²) < 4.78 is 2.38. The molecule has 9 aromatic rings. The summed E-state index contributed by atoms with van der Waals surface area (Å²) in [4.78, 5) is 2.55. The second-order valence-electron chi connectivity index (χ2n) is 30.3. The maximum Gasteiger partial charge on any atom is 0.0541 e. The van der Waals surface area contributed by atoms with Crippen LogP contribution in [-0.2, 0) is 10.8 Å². The first-order chi connectivity index (χ1) is 66.4. The van der Waals surface area contributed by atoms with Crippen molar-refractivity contribution in [2.45, 2.75) is 38.5 Å². The number of aromatic nitrogens is 1. The Morgan fingerprint density at radius 2 is 0.366 bits per heavy atom. The smallest absolute Gasteiger partial charge is 0.0541 e. The molecular weight excluding hydrogens is 3340 g/mol. The van der Waals surface area contributed by atoms with Crippen LogP contribution in [-0.4, -0.2) is 4.57 Å². The van der Waals surface area contributed by atoms with Crippen LogP contribution in [0.1, 0.15) is 49.9 Å². The van der Waals surface area contributed by atoms with E-state index in [1.807, 2.05) is 0 Å². The topological polar surface area (TPSA) is 8.17 Å². The standard InChI is InChI=1S/C54H42N2.H88P86/c1-53(2)45-21-9-5-15-39(45)43-19-13-25-49(51(43)53)56(50-26-14-20-44-40-16-6-10-22-46(40)54(3,4)52(44)50)38-33-29-36(30-34-38)35-27-31-37(32-28-35)55-47-23-11-7-17-41(47)42-18-8-12-24-48(42)55;1-45(2)67(46(3)4)78(68(47(5)6)48(7)8)83(77(65(41)42)66(43)44)86(84(79(69(49(9)10)50(11)12)70(51(13)14)52(15)16)80(71(53(17)18)54(19)20)72(55(21)22)56(23)24)85(81(73(57(25)26)58(27)28)74(59(29)30)60(31)32)82(75(61(33)34)62(35)36)76(63(37)38)64(39)40/h5-34H,1-4H3;1-44H2. The Morgan fingerprint density at radius 1 is 0.183 bits per heavy atom. The van der Waals surface area contributed by atoms with Crippen molar-refractivity contribution < 1.29 is 0 Å². The monoisotopic (exact) mass is 3470 g/mol. The van der Waals surface area contributed by atoms with E-state index in [9.17, 15) is 0 Å². The largest absolute Gasteiger partial charge is 0.310 e. The van der Waals surface area contributed by atoms with Gasteiger partial charge in [0, 0.05) is 33.0 Å². The molecule has 786 valence electrons. The van der Waals surface area contributed by atoms with Crippen LogP contribution in [0.2, 0.25) is 0 Å². The number of hydrogen-bond donors (Lipinski definition) is 0. The predicted molar refractivity (Wildman–Crippen MR) is 954 cm³/mol. The van der Waals surface area contributed by atoms with Gasteiger partial charge in [-0.25, -0.2) is 0 Å². The number of nitrogens with zero attached hydrogens (tertiary/aromatic N) is 2. The maximum atomic E-state index is 3.80. The summed E-state index contributed by atoms with van der Waals surface area (Å²) in [5, 5.41) is 2.56. The van der Waals surface area contributed by atoms with Crippen molar-refractivity contribution >= 4 is 725 Å². The summed E-state index contributed by atoms with van der Waals surface area (Å²) in [5.74, 6) is 0. The lowest BCUT2D eigenvalue weighted by Gasteiger charge is -2.63. The molecule has 142 heavy (non-hydrogen) atoms. The highest BCUT2D eigenvalue weighted by Crippen LogP contribution is 3.53. The highest BCUT2D eigenvalue weighted by Gasteiger charge is 2.66. The Labute approximate surface area is 1000 Å². The van der Waals surface area contributed by atoms with Crippen molar-refractivity contribution in [2.75, 3.05) is 4.90 Å². The Balaban J connectivity index is 0.000000314. The Hall–Kier alpha value is 30.3. The summed E-state index contributed by atoms with van der Waals surface area (Å²) in [7, 11) is 164. The van der Waals surface area contributed by atoms with Crippen LogP contribution in [0.15, 0.2) is 182 Å². The van der Waals surface area contributed by atoms with Crippen LogP contribution < -0.4 is 4.90 Å². The van der Waals surface area contributed by atoms with E-state index >= 15 is 0 Å². The average Bonchev–Trinajstić information content (AvgIpc) is 1.69. The number of benzene rings is 8. The number of rotatable bonds is 46. The van der Waals surface area contributed by atoms with E-state index in [4.69, 9.17) is 0 Å². The molecule has 0 saturated carbocycles. The molecular formula is C54H130N2P86. The highest BCUT2D eigenvalue weighted by atomic mass is 33.6. The van der Waals surface area contributed by atoms with Crippen molar-refractivity contribution in [3.63, 3.8) is 0 Å². The van der Waals surface area contributed by atoms with Gasteiger partial charge >= 0.3 is 0 Å². The average molecular weight is 3470 g/mol. The van der Waals surface area contributed by atoms with Crippen molar-refractivity contribution in [2.24, 2.45) is 0 Å². The summed E-state index contributed by atoms with van der Waals surface area (Å²) in [6, 6.07) is 67.4. The number of hydrogen-bond acceptors (Lipinski definition) is 1. The molecule has 0 aliphatic heterocycles. The molecule has 2 aliphatic carbocycles. The minimum Gasteiger partial charge on any atom is -0.310 e. The molecule has 88 heteroatoms. The molecule has 8 aromatic carbocycles. The first-order valence-corrected chi connectivity index (χ1v) is 196. The quantitative estimate of drug-likeness (QED) is 0.0345. The van der Waals surface area contributed by atoms with Gasteiger partial charge in [-0.15, -0.1) is 393 Å². The van der Waals surface area contributed by atoms with Gasteiger partial charge in [-0.3, -0.25) is 0 Å². The third-order valence-electron chi connectivity index (χ3n) is 20.3. The minimum atomic E-state index is -0.527. The molecule has 0 spiro atoms. The molecule has 1 aromatic heterocycles. The van der Waals surface area contributed by atoms with Crippen molar-refractivity contribution in [1.82, 2.24) is 4.57 Å². The zero-order valence-corrected chi connectivity index (χ0v) is 165. The van der Waals surface area contributed by atoms with Crippen LogP contribution in [0, 0.1) is 0 Å². The van der Waals surface area contributed by atoms with Crippen molar-refractivity contribution in [1.29, 1.82) is 0 Å². The molecule has 0 bridgehead atoms. The fraction of sp³-hybridized carbons (Fsp3) is 0.111. The SMILES string of the molecule is CC1(C)c2ccccc2-c2cccc(N(c3ccc(-c4ccc(-n5c6ccccc6c6ccccc65)cc4)cc3)c3cccc4c3C(C)(C)c3ccccc3-4)c21.PP(P)P(P(P)P)P(P(P(P)P)P(P)P)P(P(P(P)P)P(P)P)P(P(P(P(P(P)P)P(P)P)P(P(P)P)P(P)P)P(P(P(P)P)P(P)P)P(P(P)P)P(P)P)P(P(P(P(P)P)P(P)P)P(P(P)P)P(P)P)P(P(P(P)P)P(P)P)P(P(P)P)P(P)P. The molecule has 1 heterocycles. The molecule has 0 saturated heterocycles. The van der Waals surface area contributed by atoms with Gasteiger partial charge in [0.2, 0.25) is 0 Å². The van der Waals surface area contributed by atoms with Gasteiger partial charge in [0.1, 0.15) is 0 Å². The molecule has 11 rings (SSSR count). The summed E-state index contributed by atoms with van der Waals surface area (Å²) in [6.07, 6.45) is 0. The van der Waals surface area contributed by atoms with Gasteiger partial charge < -0.3 is 9.47 Å². The van der Waals surface area contributed by atoms with Gasteiger partial charge in [0.05, 0.1) is 22.4 Å². The zero-order valence-electron chi connectivity index (χ0n) is 76.4. The van der Waals surface area contributed by atoms with E-state index in [1.54, 1.807) is 0 Å². The van der Waals surface area contributed by atoms with Crippen molar-refractivity contribution in [3.05, 3.63) is 204 Å². The third-order valence-corrected chi connectivity index (χ3v) is 627. The Bertz CT molecular complexity index is 4970. The van der Waals surface area contributed by atoms with Gasteiger partial charge in [-0.2, -0.15) is 0 Å². The predicted octanol–water partition coefficient (Wildman–Crippen LogP) is 65.0. The van der Waals surface area contributed by atoms with E-state index in [1.165, 1.54) is 88.8 Å². The second-order valence-corrected chi connectivity index (χ2v) is 387. The van der Waals surface area contributed by atoms with Gasteiger partial charge in [0.15, 0.2) is 0 Å². The lowest BCUT2D eigenvalue weighted by molar-refractivity contribution is 0.656. The van der Waals surface area contributed by atoms with Gasteiger partial charge in [-0.1, -0.05) is 161 Å². The first kappa shape index (κ1) is 154. The van der Waals surface area contributed by atoms with E-state index in [0.29, 0.717) is 0 Å². The van der Waals surface area contributed by atoms with E-state index < -0.39 is 76.9 Å². The highest BCUT2D eigenvalue weighted by molar-refractivity contribution is 9.59. The Morgan fingerprint density at radius 3 is 0.592 bits per heavy atom. The maximum absolute atomic E-state index is 3.80. The molecule has 2 aliphatic rings. The molecule has 0 radical (unpaired) electrons. The van der Waals surface area contributed by atoms with Crippen molar-refractivity contribution in [3.8, 4) is 39.1 Å². The normalized spacial score (nSPS) is 14.8.